The van der Waals surface area contributed by atoms with Gasteiger partial charge >= 0.3 is 0 Å². The second kappa shape index (κ2) is 15.9. The lowest BCUT2D eigenvalue weighted by Gasteiger charge is -2.46. The Morgan fingerprint density at radius 2 is 1.03 bits per heavy atom. The summed E-state index contributed by atoms with van der Waals surface area (Å²) in [5, 5.41) is 23.1. The summed E-state index contributed by atoms with van der Waals surface area (Å²) in [5.41, 5.74) is -0.515. The fourth-order valence-electron chi connectivity index (χ4n) is 4.82. The molecule has 0 amide bonds. The highest BCUT2D eigenvalue weighted by Crippen LogP contribution is 2.47. The third kappa shape index (κ3) is 10.1. The molecule has 1 atom stereocenters. The van der Waals surface area contributed by atoms with Crippen molar-refractivity contribution in [3.63, 3.8) is 0 Å². The minimum Gasteiger partial charge on any atom is -0.389 e. The number of unbranched alkanes of at least 4 members (excludes halogenated alkanes) is 12. The van der Waals surface area contributed by atoms with E-state index in [0.29, 0.717) is 0 Å². The molecule has 0 radical (unpaired) electrons. The minimum absolute atomic E-state index is 0.585. The molecule has 0 aliphatic carbocycles. The van der Waals surface area contributed by atoms with E-state index in [1.54, 1.807) is 0 Å². The van der Waals surface area contributed by atoms with Gasteiger partial charge in [-0.15, -0.1) is 0 Å². The third-order valence-corrected chi connectivity index (χ3v) is 7.39. The first-order valence-corrected chi connectivity index (χ1v) is 13.3. The van der Waals surface area contributed by atoms with Gasteiger partial charge in [-0.1, -0.05) is 148 Å². The largest absolute Gasteiger partial charge is 0.389 e. The molecule has 180 valence electrons. The average molecular weight is 433 g/mol. The molecule has 0 aliphatic rings. The van der Waals surface area contributed by atoms with E-state index < -0.39 is 17.1 Å². The molecule has 2 N–H and O–H groups in total. The molecular weight excluding hydrogens is 380 g/mol. The minimum atomic E-state index is -0.838. The van der Waals surface area contributed by atoms with Gasteiger partial charge < -0.3 is 10.2 Å². The maximum absolute atomic E-state index is 11.9. The van der Waals surface area contributed by atoms with Crippen molar-refractivity contribution in [2.24, 2.45) is 5.41 Å². The van der Waals surface area contributed by atoms with Crippen LogP contribution in [0.5, 0.6) is 0 Å². The van der Waals surface area contributed by atoms with Gasteiger partial charge in [-0.3, -0.25) is 0 Å². The van der Waals surface area contributed by atoms with Crippen molar-refractivity contribution in [1.82, 2.24) is 0 Å². The summed E-state index contributed by atoms with van der Waals surface area (Å²) in [6.45, 7) is 8.63. The summed E-state index contributed by atoms with van der Waals surface area (Å²) >= 11 is 0. The van der Waals surface area contributed by atoms with Crippen LogP contribution >= 0.6 is 0 Å². The third-order valence-electron chi connectivity index (χ3n) is 7.39. The molecule has 1 unspecified atom stereocenters. The lowest BCUT2D eigenvalue weighted by Crippen LogP contribution is -2.48. The average Bonchev–Trinajstić information content (AvgIpc) is 2.77. The SMILES string of the molecule is CCCCCCCCCC(O)(CCCCCCCCC)C(C)(C)C(O)c1ccccc1. The maximum Gasteiger partial charge on any atom is 0.0868 e. The lowest BCUT2D eigenvalue weighted by molar-refractivity contribution is -0.139. The Labute approximate surface area is 193 Å². The van der Waals surface area contributed by atoms with E-state index in [9.17, 15) is 10.2 Å². The van der Waals surface area contributed by atoms with Gasteiger partial charge in [0.05, 0.1) is 11.7 Å². The van der Waals surface area contributed by atoms with Crippen LogP contribution in [0.15, 0.2) is 30.3 Å². The van der Waals surface area contributed by atoms with Crippen molar-refractivity contribution in [1.29, 1.82) is 0 Å². The van der Waals surface area contributed by atoms with Gasteiger partial charge in [0, 0.05) is 5.41 Å². The van der Waals surface area contributed by atoms with Crippen LogP contribution in [-0.2, 0) is 0 Å². The molecule has 0 spiro atoms. The quantitative estimate of drug-likeness (QED) is 0.214. The fraction of sp³-hybridized carbons (Fsp3) is 0.793. The van der Waals surface area contributed by atoms with Crippen LogP contribution in [0.25, 0.3) is 0 Å². The monoisotopic (exact) mass is 432 g/mol. The zero-order valence-corrected chi connectivity index (χ0v) is 21.2. The number of aliphatic hydroxyl groups excluding tert-OH is 1. The summed E-state index contributed by atoms with van der Waals surface area (Å²) in [6.07, 6.45) is 18.4. The topological polar surface area (TPSA) is 40.5 Å². The first-order valence-electron chi connectivity index (χ1n) is 13.3. The molecule has 1 aromatic carbocycles. The van der Waals surface area contributed by atoms with Crippen molar-refractivity contribution < 1.29 is 10.2 Å². The predicted octanol–water partition coefficient (Wildman–Crippen LogP) is 8.76. The highest BCUT2D eigenvalue weighted by molar-refractivity contribution is 5.21. The van der Waals surface area contributed by atoms with Gasteiger partial charge in [0.1, 0.15) is 0 Å². The highest BCUT2D eigenvalue weighted by atomic mass is 16.3. The summed E-state index contributed by atoms with van der Waals surface area (Å²) in [4.78, 5) is 0. The van der Waals surface area contributed by atoms with E-state index in [1.165, 1.54) is 77.0 Å². The normalized spacial score (nSPS) is 13.5. The molecule has 31 heavy (non-hydrogen) atoms. The molecular formula is C29H52O2. The van der Waals surface area contributed by atoms with Crippen LogP contribution in [0.3, 0.4) is 0 Å². The van der Waals surface area contributed by atoms with E-state index in [2.05, 4.69) is 27.7 Å². The molecule has 0 aromatic heterocycles. The van der Waals surface area contributed by atoms with Gasteiger partial charge in [-0.2, -0.15) is 0 Å². The zero-order valence-electron chi connectivity index (χ0n) is 21.2. The molecule has 0 saturated carbocycles. The Morgan fingerprint density at radius 1 is 0.645 bits per heavy atom. The van der Waals surface area contributed by atoms with Gasteiger partial charge in [0.2, 0.25) is 0 Å². The number of aliphatic hydroxyl groups is 2. The predicted molar refractivity (Wildman–Crippen MR) is 135 cm³/mol. The van der Waals surface area contributed by atoms with Crippen LogP contribution in [0.1, 0.15) is 142 Å². The Hall–Kier alpha value is -0.860. The molecule has 0 heterocycles. The standard InChI is InChI=1S/C29H52O2/c1-5-7-9-11-13-15-20-24-29(31,25-21-16-14-12-10-8-6-2)28(3,4)27(30)26-22-18-17-19-23-26/h17-19,22-23,27,30-31H,5-16,20-21,24-25H2,1-4H3. The molecule has 2 heteroatoms. The van der Waals surface area contributed by atoms with Crippen molar-refractivity contribution in [2.75, 3.05) is 0 Å². The number of rotatable bonds is 19. The van der Waals surface area contributed by atoms with Crippen molar-refractivity contribution >= 4 is 0 Å². The molecule has 0 fully saturated rings. The van der Waals surface area contributed by atoms with E-state index >= 15 is 0 Å². The molecule has 0 saturated heterocycles. The first kappa shape index (κ1) is 28.2. The fourth-order valence-corrected chi connectivity index (χ4v) is 4.82. The summed E-state index contributed by atoms with van der Waals surface area (Å²) in [7, 11) is 0. The summed E-state index contributed by atoms with van der Waals surface area (Å²) in [5.74, 6) is 0. The van der Waals surface area contributed by atoms with Gasteiger partial charge in [0.25, 0.3) is 0 Å². The van der Waals surface area contributed by atoms with Gasteiger partial charge in [0.15, 0.2) is 0 Å². The van der Waals surface area contributed by atoms with Crippen molar-refractivity contribution in [2.45, 2.75) is 142 Å². The second-order valence-electron chi connectivity index (χ2n) is 10.3. The molecule has 0 bridgehead atoms. The van der Waals surface area contributed by atoms with Crippen LogP contribution in [0, 0.1) is 5.41 Å². The number of hydrogen-bond donors (Lipinski definition) is 2. The van der Waals surface area contributed by atoms with Crippen molar-refractivity contribution in [3.8, 4) is 0 Å². The van der Waals surface area contributed by atoms with E-state index in [1.807, 2.05) is 30.3 Å². The maximum atomic E-state index is 11.9. The van der Waals surface area contributed by atoms with Gasteiger partial charge in [-0.05, 0) is 18.4 Å². The summed E-state index contributed by atoms with van der Waals surface area (Å²) < 4.78 is 0. The zero-order chi connectivity index (χ0) is 23.0. The molecule has 0 aliphatic heterocycles. The Morgan fingerprint density at radius 3 is 1.45 bits per heavy atom. The smallest absolute Gasteiger partial charge is 0.0868 e. The first-order chi connectivity index (χ1) is 14.9. The lowest BCUT2D eigenvalue weighted by atomic mass is 9.65. The van der Waals surface area contributed by atoms with Crippen LogP contribution < -0.4 is 0 Å². The van der Waals surface area contributed by atoms with E-state index in [0.717, 1.165) is 31.2 Å². The molecule has 2 nitrogen and oxygen atoms in total. The number of benzene rings is 1. The second-order valence-corrected chi connectivity index (χ2v) is 10.3. The molecule has 1 rings (SSSR count). The van der Waals surface area contributed by atoms with Gasteiger partial charge in [-0.25, -0.2) is 0 Å². The molecule has 1 aromatic rings. The van der Waals surface area contributed by atoms with E-state index in [4.69, 9.17) is 0 Å². The highest BCUT2D eigenvalue weighted by Gasteiger charge is 2.47. The Balaban J connectivity index is 2.68. The van der Waals surface area contributed by atoms with Crippen LogP contribution in [0.2, 0.25) is 0 Å². The van der Waals surface area contributed by atoms with E-state index in [-0.39, 0.29) is 0 Å². The summed E-state index contributed by atoms with van der Waals surface area (Å²) in [6, 6.07) is 9.88. The van der Waals surface area contributed by atoms with Crippen molar-refractivity contribution in [3.05, 3.63) is 35.9 Å². The Kier molecular flexibility index (Phi) is 14.4. The van der Waals surface area contributed by atoms with Crippen LogP contribution in [0.4, 0.5) is 0 Å². The van der Waals surface area contributed by atoms with Crippen LogP contribution in [-0.4, -0.2) is 15.8 Å². The Bertz CT molecular complexity index is 519. The number of hydrogen-bond acceptors (Lipinski definition) is 2.